The molecule has 0 atom stereocenters. The lowest BCUT2D eigenvalue weighted by Crippen LogP contribution is -2.36. The molecule has 19 heavy (non-hydrogen) atoms. The average molecular weight is 331 g/mol. The minimum Gasteiger partial charge on any atom is -0.395 e. The summed E-state index contributed by atoms with van der Waals surface area (Å²) in [7, 11) is 0. The van der Waals surface area contributed by atoms with Crippen molar-refractivity contribution in [3.63, 3.8) is 0 Å². The molecule has 0 saturated heterocycles. The highest BCUT2D eigenvalue weighted by Crippen LogP contribution is 2.29. The zero-order chi connectivity index (χ0) is 14.3. The van der Waals surface area contributed by atoms with Crippen LogP contribution in [0.25, 0.3) is 0 Å². The molecule has 2 N–H and O–H groups in total. The van der Waals surface area contributed by atoms with Gasteiger partial charge < -0.3 is 14.9 Å². The number of ether oxygens (including phenoxy) is 1. The molecule has 0 amide bonds. The van der Waals surface area contributed by atoms with Gasteiger partial charge in [-0.2, -0.15) is 0 Å². The maximum atomic E-state index is 9.70. The third kappa shape index (κ3) is 4.88. The van der Waals surface area contributed by atoms with E-state index in [2.05, 4.69) is 29.8 Å². The van der Waals surface area contributed by atoms with Gasteiger partial charge in [0.2, 0.25) is 0 Å². The summed E-state index contributed by atoms with van der Waals surface area (Å²) in [5.41, 5.74) is 0.292. The predicted octanol–water partition coefficient (Wildman–Crippen LogP) is 2.73. The maximum Gasteiger partial charge on any atom is 0.0550 e. The molecule has 1 rings (SSSR count). The fraction of sp³-hybridized carbons (Fsp3) is 0.600. The number of halogens is 1. The first kappa shape index (κ1) is 16.6. The van der Waals surface area contributed by atoms with Gasteiger partial charge in [0, 0.05) is 23.1 Å². The van der Waals surface area contributed by atoms with Crippen molar-refractivity contribution in [2.75, 3.05) is 26.4 Å². The van der Waals surface area contributed by atoms with Crippen LogP contribution in [-0.2, 0) is 10.2 Å². The highest BCUT2D eigenvalue weighted by Gasteiger charge is 2.31. The van der Waals surface area contributed by atoms with Gasteiger partial charge in [0.15, 0.2) is 0 Å². The van der Waals surface area contributed by atoms with E-state index in [4.69, 9.17) is 4.74 Å². The molecule has 0 saturated carbocycles. The molecular formula is C15H23BrO3. The standard InChI is InChI=1S/C15H23BrO3/c1-12(2)9-19-7-6-15(10-17,11-18)13-4-3-5-14(16)8-13/h3-5,8,12,17-18H,6-7,9-11H2,1-2H3. The van der Waals surface area contributed by atoms with Gasteiger partial charge in [-0.1, -0.05) is 41.9 Å². The molecule has 0 unspecified atom stereocenters. The van der Waals surface area contributed by atoms with Crippen LogP contribution in [0.5, 0.6) is 0 Å². The monoisotopic (exact) mass is 330 g/mol. The molecule has 1 aromatic carbocycles. The first-order valence-electron chi connectivity index (χ1n) is 6.59. The molecule has 3 nitrogen and oxygen atoms in total. The SMILES string of the molecule is CC(C)COCCC(CO)(CO)c1cccc(Br)c1. The van der Waals surface area contributed by atoms with Gasteiger partial charge in [0.25, 0.3) is 0 Å². The Kier molecular flexibility index (Phi) is 7.00. The lowest BCUT2D eigenvalue weighted by molar-refractivity contribution is 0.0535. The number of aliphatic hydroxyl groups excluding tert-OH is 2. The van der Waals surface area contributed by atoms with E-state index < -0.39 is 5.41 Å². The average Bonchev–Trinajstić information content (AvgIpc) is 2.39. The Morgan fingerprint density at radius 3 is 2.47 bits per heavy atom. The summed E-state index contributed by atoms with van der Waals surface area (Å²) in [4.78, 5) is 0. The van der Waals surface area contributed by atoms with Crippen molar-refractivity contribution in [3.05, 3.63) is 34.3 Å². The molecular weight excluding hydrogens is 308 g/mol. The largest absolute Gasteiger partial charge is 0.395 e. The van der Waals surface area contributed by atoms with Crippen LogP contribution in [0, 0.1) is 5.92 Å². The van der Waals surface area contributed by atoms with E-state index in [1.54, 1.807) is 0 Å². The van der Waals surface area contributed by atoms with Gasteiger partial charge in [0.1, 0.15) is 0 Å². The van der Waals surface area contributed by atoms with E-state index in [0.717, 1.165) is 10.0 Å². The summed E-state index contributed by atoms with van der Waals surface area (Å²) in [6.45, 7) is 5.24. The van der Waals surface area contributed by atoms with E-state index in [1.807, 2.05) is 24.3 Å². The van der Waals surface area contributed by atoms with E-state index in [9.17, 15) is 10.2 Å². The molecule has 1 aromatic rings. The molecule has 0 aliphatic heterocycles. The Labute approximate surface area is 123 Å². The molecule has 0 spiro atoms. The Morgan fingerprint density at radius 1 is 1.26 bits per heavy atom. The smallest absolute Gasteiger partial charge is 0.0550 e. The van der Waals surface area contributed by atoms with Crippen molar-refractivity contribution in [2.24, 2.45) is 5.92 Å². The Hall–Kier alpha value is -0.420. The van der Waals surface area contributed by atoms with Crippen LogP contribution in [0.4, 0.5) is 0 Å². The van der Waals surface area contributed by atoms with Crippen LogP contribution in [0.1, 0.15) is 25.8 Å². The number of hydrogen-bond donors (Lipinski definition) is 2. The van der Waals surface area contributed by atoms with Gasteiger partial charge >= 0.3 is 0 Å². The summed E-state index contributed by atoms with van der Waals surface area (Å²) in [5.74, 6) is 0.489. The van der Waals surface area contributed by atoms with Crippen LogP contribution in [0.15, 0.2) is 28.7 Å². The Balaban J connectivity index is 2.73. The van der Waals surface area contributed by atoms with Crippen LogP contribution in [0.2, 0.25) is 0 Å². The fourth-order valence-corrected chi connectivity index (χ4v) is 2.34. The third-order valence-electron chi connectivity index (χ3n) is 3.22. The first-order valence-corrected chi connectivity index (χ1v) is 7.39. The van der Waals surface area contributed by atoms with E-state index in [1.165, 1.54) is 0 Å². The van der Waals surface area contributed by atoms with Gasteiger partial charge in [-0.25, -0.2) is 0 Å². The van der Waals surface area contributed by atoms with Gasteiger partial charge in [-0.05, 0) is 30.0 Å². The first-order chi connectivity index (χ1) is 9.04. The minimum absolute atomic E-state index is 0.0923. The summed E-state index contributed by atoms with van der Waals surface area (Å²) >= 11 is 3.42. The highest BCUT2D eigenvalue weighted by atomic mass is 79.9. The normalized spacial score (nSPS) is 12.1. The Morgan fingerprint density at radius 2 is 1.95 bits per heavy atom. The number of aliphatic hydroxyl groups is 2. The van der Waals surface area contributed by atoms with Crippen molar-refractivity contribution in [2.45, 2.75) is 25.7 Å². The van der Waals surface area contributed by atoms with Gasteiger partial charge in [-0.3, -0.25) is 0 Å². The lowest BCUT2D eigenvalue weighted by atomic mass is 9.79. The van der Waals surface area contributed by atoms with Crippen molar-refractivity contribution >= 4 is 15.9 Å². The number of benzene rings is 1. The van der Waals surface area contributed by atoms with Crippen LogP contribution in [-0.4, -0.2) is 36.6 Å². The third-order valence-corrected chi connectivity index (χ3v) is 3.71. The second-order valence-electron chi connectivity index (χ2n) is 5.33. The number of rotatable bonds is 8. The maximum absolute atomic E-state index is 9.70. The highest BCUT2D eigenvalue weighted by molar-refractivity contribution is 9.10. The molecule has 0 aromatic heterocycles. The van der Waals surface area contributed by atoms with Crippen LogP contribution >= 0.6 is 15.9 Å². The topological polar surface area (TPSA) is 49.7 Å². The summed E-state index contributed by atoms with van der Waals surface area (Å²) in [6, 6.07) is 7.71. The zero-order valence-electron chi connectivity index (χ0n) is 11.6. The molecule has 0 aliphatic rings. The van der Waals surface area contributed by atoms with Gasteiger partial charge in [-0.15, -0.1) is 0 Å². The van der Waals surface area contributed by atoms with Crippen molar-refractivity contribution < 1.29 is 14.9 Å². The summed E-state index contributed by atoms with van der Waals surface area (Å²) in [6.07, 6.45) is 0.600. The zero-order valence-corrected chi connectivity index (χ0v) is 13.2. The van der Waals surface area contributed by atoms with Crippen molar-refractivity contribution in [1.29, 1.82) is 0 Å². The van der Waals surface area contributed by atoms with Gasteiger partial charge in [0.05, 0.1) is 13.2 Å². The Bertz CT molecular complexity index is 375. The van der Waals surface area contributed by atoms with E-state index in [-0.39, 0.29) is 13.2 Å². The lowest BCUT2D eigenvalue weighted by Gasteiger charge is -2.30. The summed E-state index contributed by atoms with van der Waals surface area (Å²) < 4.78 is 6.52. The molecule has 0 aliphatic carbocycles. The number of hydrogen-bond acceptors (Lipinski definition) is 3. The molecule has 108 valence electrons. The molecule has 0 fully saturated rings. The van der Waals surface area contributed by atoms with E-state index >= 15 is 0 Å². The second-order valence-corrected chi connectivity index (χ2v) is 6.24. The van der Waals surface area contributed by atoms with E-state index in [0.29, 0.717) is 25.6 Å². The minimum atomic E-state index is -0.638. The van der Waals surface area contributed by atoms with Crippen molar-refractivity contribution in [3.8, 4) is 0 Å². The van der Waals surface area contributed by atoms with Crippen LogP contribution in [0.3, 0.4) is 0 Å². The summed E-state index contributed by atoms with van der Waals surface area (Å²) in [5, 5.41) is 19.4. The molecule has 4 heteroatoms. The molecule has 0 heterocycles. The quantitative estimate of drug-likeness (QED) is 0.720. The second kappa shape index (κ2) is 8.00. The molecule has 0 radical (unpaired) electrons. The van der Waals surface area contributed by atoms with Crippen molar-refractivity contribution in [1.82, 2.24) is 0 Å². The van der Waals surface area contributed by atoms with Crippen LogP contribution < -0.4 is 0 Å². The fourth-order valence-electron chi connectivity index (χ4n) is 1.94. The predicted molar refractivity (Wildman–Crippen MR) is 80.3 cm³/mol. The molecule has 0 bridgehead atoms.